The van der Waals surface area contributed by atoms with Crippen molar-refractivity contribution in [1.29, 1.82) is 0 Å². The second kappa shape index (κ2) is 8.82. The Morgan fingerprint density at radius 2 is 1.79 bits per heavy atom. The fraction of sp³-hybridized carbons (Fsp3) is 0.263. The van der Waals surface area contributed by atoms with Crippen LogP contribution in [0.3, 0.4) is 0 Å². The van der Waals surface area contributed by atoms with Gasteiger partial charge in [0.15, 0.2) is 0 Å². The molecule has 2 aromatic carbocycles. The summed E-state index contributed by atoms with van der Waals surface area (Å²) in [4.78, 5) is 23.9. The SMILES string of the molecule is CCOC(=O)c1ccccc1NC(=O)CCCc1ccc(F)cc1. The maximum atomic E-state index is 12.8. The first-order valence-corrected chi connectivity index (χ1v) is 7.90. The predicted molar refractivity (Wildman–Crippen MR) is 90.4 cm³/mol. The van der Waals surface area contributed by atoms with Crippen LogP contribution in [0.2, 0.25) is 0 Å². The number of nitrogens with one attached hydrogen (secondary N) is 1. The van der Waals surface area contributed by atoms with Gasteiger partial charge in [0.25, 0.3) is 0 Å². The van der Waals surface area contributed by atoms with E-state index in [0.717, 1.165) is 5.56 Å². The Hall–Kier alpha value is -2.69. The van der Waals surface area contributed by atoms with Gasteiger partial charge in [-0.05, 0) is 49.6 Å². The van der Waals surface area contributed by atoms with Gasteiger partial charge in [-0.25, -0.2) is 9.18 Å². The zero-order valence-electron chi connectivity index (χ0n) is 13.5. The van der Waals surface area contributed by atoms with Gasteiger partial charge in [0.05, 0.1) is 17.9 Å². The van der Waals surface area contributed by atoms with Crippen molar-refractivity contribution in [2.75, 3.05) is 11.9 Å². The number of carbonyl (C=O) groups is 2. The van der Waals surface area contributed by atoms with Gasteiger partial charge < -0.3 is 10.1 Å². The molecular weight excluding hydrogens is 309 g/mol. The van der Waals surface area contributed by atoms with Gasteiger partial charge in [0.2, 0.25) is 5.91 Å². The van der Waals surface area contributed by atoms with Gasteiger partial charge in [-0.2, -0.15) is 0 Å². The summed E-state index contributed by atoms with van der Waals surface area (Å²) in [6.07, 6.45) is 1.64. The summed E-state index contributed by atoms with van der Waals surface area (Å²) in [5.74, 6) is -0.902. The van der Waals surface area contributed by atoms with Crippen molar-refractivity contribution in [3.63, 3.8) is 0 Å². The van der Waals surface area contributed by atoms with Crippen molar-refractivity contribution in [2.24, 2.45) is 0 Å². The second-order valence-corrected chi connectivity index (χ2v) is 5.29. The summed E-state index contributed by atoms with van der Waals surface area (Å²) in [6, 6.07) is 13.0. The van der Waals surface area contributed by atoms with Gasteiger partial charge in [-0.3, -0.25) is 4.79 Å². The number of esters is 1. The number of aryl methyl sites for hydroxylation is 1. The van der Waals surface area contributed by atoms with Crippen molar-refractivity contribution < 1.29 is 18.7 Å². The molecule has 24 heavy (non-hydrogen) atoms. The first-order valence-electron chi connectivity index (χ1n) is 7.90. The molecule has 0 heterocycles. The summed E-state index contributed by atoms with van der Waals surface area (Å²) >= 11 is 0. The molecule has 2 rings (SSSR count). The molecule has 126 valence electrons. The van der Waals surface area contributed by atoms with Crippen LogP contribution >= 0.6 is 0 Å². The average Bonchev–Trinajstić information content (AvgIpc) is 2.57. The van der Waals surface area contributed by atoms with E-state index >= 15 is 0 Å². The number of carbonyl (C=O) groups excluding carboxylic acids is 2. The van der Waals surface area contributed by atoms with Crippen molar-refractivity contribution >= 4 is 17.6 Å². The lowest BCUT2D eigenvalue weighted by molar-refractivity contribution is -0.116. The maximum absolute atomic E-state index is 12.8. The molecule has 0 aromatic heterocycles. The van der Waals surface area contributed by atoms with E-state index in [4.69, 9.17) is 4.74 Å². The molecule has 0 saturated heterocycles. The quantitative estimate of drug-likeness (QED) is 0.782. The smallest absolute Gasteiger partial charge is 0.340 e. The summed E-state index contributed by atoms with van der Waals surface area (Å²) in [5.41, 5.74) is 1.77. The Morgan fingerprint density at radius 1 is 1.08 bits per heavy atom. The predicted octanol–water partition coefficient (Wildman–Crippen LogP) is 3.96. The fourth-order valence-corrected chi connectivity index (χ4v) is 2.30. The summed E-state index contributed by atoms with van der Waals surface area (Å²) in [7, 11) is 0. The van der Waals surface area contributed by atoms with Gasteiger partial charge in [-0.15, -0.1) is 0 Å². The highest BCUT2D eigenvalue weighted by atomic mass is 19.1. The molecule has 0 radical (unpaired) electrons. The molecule has 0 aliphatic heterocycles. The first kappa shape index (κ1) is 17.7. The highest BCUT2D eigenvalue weighted by molar-refractivity contribution is 6.01. The number of amides is 1. The summed E-state index contributed by atoms with van der Waals surface area (Å²) in [5, 5.41) is 2.75. The number of para-hydroxylation sites is 1. The van der Waals surface area contributed by atoms with Crippen LogP contribution in [0.5, 0.6) is 0 Å². The van der Waals surface area contributed by atoms with E-state index < -0.39 is 5.97 Å². The van der Waals surface area contributed by atoms with Crippen LogP contribution in [-0.2, 0) is 16.0 Å². The van der Waals surface area contributed by atoms with Crippen molar-refractivity contribution in [3.05, 3.63) is 65.5 Å². The summed E-state index contributed by atoms with van der Waals surface area (Å²) < 4.78 is 17.8. The normalized spacial score (nSPS) is 10.2. The van der Waals surface area contributed by atoms with Crippen molar-refractivity contribution in [1.82, 2.24) is 0 Å². The van der Waals surface area contributed by atoms with Gasteiger partial charge >= 0.3 is 5.97 Å². The Morgan fingerprint density at radius 3 is 2.50 bits per heavy atom. The number of halogens is 1. The molecule has 0 unspecified atom stereocenters. The number of benzene rings is 2. The van der Waals surface area contributed by atoms with Gasteiger partial charge in [-0.1, -0.05) is 24.3 Å². The van der Waals surface area contributed by atoms with Crippen LogP contribution < -0.4 is 5.32 Å². The molecule has 0 bridgehead atoms. The highest BCUT2D eigenvalue weighted by Crippen LogP contribution is 2.17. The van der Waals surface area contributed by atoms with E-state index in [9.17, 15) is 14.0 Å². The van der Waals surface area contributed by atoms with Crippen molar-refractivity contribution in [3.8, 4) is 0 Å². The minimum Gasteiger partial charge on any atom is -0.462 e. The molecule has 1 amide bonds. The Labute approximate surface area is 140 Å². The number of anilines is 1. The Kier molecular flexibility index (Phi) is 6.49. The van der Waals surface area contributed by atoms with Crippen LogP contribution in [0.25, 0.3) is 0 Å². The van der Waals surface area contributed by atoms with Crippen LogP contribution in [0, 0.1) is 5.82 Å². The molecule has 0 atom stereocenters. The molecule has 0 aliphatic rings. The molecule has 2 aromatic rings. The molecule has 0 spiro atoms. The number of ether oxygens (including phenoxy) is 1. The molecule has 5 heteroatoms. The second-order valence-electron chi connectivity index (χ2n) is 5.29. The van der Waals surface area contributed by atoms with E-state index in [-0.39, 0.29) is 18.3 Å². The summed E-state index contributed by atoms with van der Waals surface area (Å²) in [6.45, 7) is 2.01. The molecule has 0 saturated carbocycles. The molecule has 1 N–H and O–H groups in total. The first-order chi connectivity index (χ1) is 11.6. The average molecular weight is 329 g/mol. The highest BCUT2D eigenvalue weighted by Gasteiger charge is 2.13. The van der Waals surface area contributed by atoms with Gasteiger partial charge in [0.1, 0.15) is 5.82 Å². The van der Waals surface area contributed by atoms with Crippen LogP contribution in [0.4, 0.5) is 10.1 Å². The van der Waals surface area contributed by atoms with E-state index in [0.29, 0.717) is 30.5 Å². The van der Waals surface area contributed by atoms with Gasteiger partial charge in [0, 0.05) is 6.42 Å². The van der Waals surface area contributed by atoms with Crippen LogP contribution in [0.15, 0.2) is 48.5 Å². The molecule has 4 nitrogen and oxygen atoms in total. The van der Waals surface area contributed by atoms with E-state index in [1.165, 1.54) is 12.1 Å². The monoisotopic (exact) mass is 329 g/mol. The third-order valence-corrected chi connectivity index (χ3v) is 3.48. The largest absolute Gasteiger partial charge is 0.462 e. The van der Waals surface area contributed by atoms with Crippen LogP contribution in [0.1, 0.15) is 35.7 Å². The van der Waals surface area contributed by atoms with E-state index in [1.54, 1.807) is 43.3 Å². The molecular formula is C19H20FNO3. The van der Waals surface area contributed by atoms with E-state index in [2.05, 4.69) is 5.32 Å². The number of hydrogen-bond donors (Lipinski definition) is 1. The third-order valence-electron chi connectivity index (χ3n) is 3.48. The maximum Gasteiger partial charge on any atom is 0.340 e. The third kappa shape index (κ3) is 5.19. The molecule has 0 aliphatic carbocycles. The van der Waals surface area contributed by atoms with E-state index in [1.807, 2.05) is 0 Å². The Bertz CT molecular complexity index is 698. The number of hydrogen-bond acceptors (Lipinski definition) is 3. The minimum absolute atomic E-state index is 0.172. The zero-order valence-corrected chi connectivity index (χ0v) is 13.5. The fourth-order valence-electron chi connectivity index (χ4n) is 2.30. The molecule has 0 fully saturated rings. The number of rotatable bonds is 7. The Balaban J connectivity index is 1.88. The standard InChI is InChI=1S/C19H20FNO3/c1-2-24-19(23)16-7-3-4-8-17(16)21-18(22)9-5-6-14-10-12-15(20)13-11-14/h3-4,7-8,10-13H,2,5-6,9H2,1H3,(H,21,22). The lowest BCUT2D eigenvalue weighted by atomic mass is 10.1. The minimum atomic E-state index is -0.459. The lowest BCUT2D eigenvalue weighted by Gasteiger charge is -2.10. The van der Waals surface area contributed by atoms with Crippen molar-refractivity contribution in [2.45, 2.75) is 26.2 Å². The topological polar surface area (TPSA) is 55.4 Å². The van der Waals surface area contributed by atoms with Crippen LogP contribution in [-0.4, -0.2) is 18.5 Å². The lowest BCUT2D eigenvalue weighted by Crippen LogP contribution is -2.15. The zero-order chi connectivity index (χ0) is 17.4.